The van der Waals surface area contributed by atoms with Gasteiger partial charge in [0, 0.05) is 5.56 Å². The van der Waals surface area contributed by atoms with Crippen LogP contribution in [0.4, 0.5) is 14.9 Å². The SMILES string of the molecule is CCOC(=O)Nc1ccc(/C(N)=N/O)cc1F. The molecule has 0 aliphatic carbocycles. The summed E-state index contributed by atoms with van der Waals surface area (Å²) in [7, 11) is 0. The van der Waals surface area contributed by atoms with Crippen molar-refractivity contribution in [3.05, 3.63) is 29.6 Å². The van der Waals surface area contributed by atoms with Crippen molar-refractivity contribution in [3.63, 3.8) is 0 Å². The molecule has 6 nitrogen and oxygen atoms in total. The number of carbonyl (C=O) groups is 1. The average molecular weight is 241 g/mol. The Hall–Kier alpha value is -2.31. The Kier molecular flexibility index (Phi) is 4.27. The second-order valence-electron chi connectivity index (χ2n) is 3.03. The average Bonchev–Trinajstić information content (AvgIpc) is 2.31. The third-order valence-corrected chi connectivity index (χ3v) is 1.88. The van der Waals surface area contributed by atoms with Gasteiger partial charge in [0.15, 0.2) is 5.84 Å². The number of benzene rings is 1. The molecule has 92 valence electrons. The van der Waals surface area contributed by atoms with Crippen LogP contribution >= 0.6 is 0 Å². The van der Waals surface area contributed by atoms with Gasteiger partial charge in [0.2, 0.25) is 0 Å². The van der Waals surface area contributed by atoms with E-state index in [9.17, 15) is 9.18 Å². The number of carbonyl (C=O) groups excluding carboxylic acids is 1. The van der Waals surface area contributed by atoms with Crippen LogP contribution in [0, 0.1) is 5.82 Å². The fraction of sp³-hybridized carbons (Fsp3) is 0.200. The Morgan fingerprint density at radius 2 is 2.35 bits per heavy atom. The molecule has 0 atom stereocenters. The van der Waals surface area contributed by atoms with Crippen LogP contribution in [0.2, 0.25) is 0 Å². The van der Waals surface area contributed by atoms with E-state index in [4.69, 9.17) is 10.9 Å². The van der Waals surface area contributed by atoms with Crippen molar-refractivity contribution in [2.45, 2.75) is 6.92 Å². The molecule has 0 aromatic heterocycles. The Morgan fingerprint density at radius 3 is 2.88 bits per heavy atom. The molecule has 0 heterocycles. The highest BCUT2D eigenvalue weighted by molar-refractivity contribution is 5.97. The minimum absolute atomic E-state index is 0.0436. The van der Waals surface area contributed by atoms with Gasteiger partial charge in [0.25, 0.3) is 0 Å². The highest BCUT2D eigenvalue weighted by Gasteiger charge is 2.09. The summed E-state index contributed by atoms with van der Waals surface area (Å²) in [6, 6.07) is 3.73. The molecule has 0 saturated heterocycles. The first-order valence-electron chi connectivity index (χ1n) is 4.79. The molecule has 0 radical (unpaired) electrons. The molecule has 0 bridgehead atoms. The summed E-state index contributed by atoms with van der Waals surface area (Å²) in [6.45, 7) is 1.83. The lowest BCUT2D eigenvalue weighted by Gasteiger charge is -2.07. The number of nitrogens with two attached hydrogens (primary N) is 1. The van der Waals surface area contributed by atoms with E-state index >= 15 is 0 Å². The van der Waals surface area contributed by atoms with E-state index in [1.165, 1.54) is 12.1 Å². The number of hydrogen-bond donors (Lipinski definition) is 3. The van der Waals surface area contributed by atoms with Gasteiger partial charge in [-0.3, -0.25) is 5.32 Å². The van der Waals surface area contributed by atoms with Gasteiger partial charge in [-0.15, -0.1) is 0 Å². The van der Waals surface area contributed by atoms with Crippen molar-refractivity contribution < 1.29 is 19.1 Å². The number of oxime groups is 1. The second kappa shape index (κ2) is 5.69. The predicted octanol–water partition coefficient (Wildman–Crippen LogP) is 1.49. The molecule has 0 aliphatic rings. The van der Waals surface area contributed by atoms with Gasteiger partial charge in [-0.1, -0.05) is 5.16 Å². The molecule has 0 unspecified atom stereocenters. The van der Waals surface area contributed by atoms with E-state index < -0.39 is 11.9 Å². The van der Waals surface area contributed by atoms with Crippen LogP contribution in [-0.2, 0) is 4.74 Å². The number of halogens is 1. The van der Waals surface area contributed by atoms with Crippen LogP contribution in [0.25, 0.3) is 0 Å². The Labute approximate surface area is 96.9 Å². The molecule has 0 saturated carbocycles. The lowest BCUT2D eigenvalue weighted by atomic mass is 10.2. The number of ether oxygens (including phenoxy) is 1. The van der Waals surface area contributed by atoms with Crippen LogP contribution in [0.15, 0.2) is 23.4 Å². The molecule has 0 fully saturated rings. The van der Waals surface area contributed by atoms with E-state index in [0.717, 1.165) is 6.07 Å². The molecular formula is C10H12FN3O3. The summed E-state index contributed by atoms with van der Waals surface area (Å²) < 4.78 is 18.1. The van der Waals surface area contributed by atoms with Crippen molar-refractivity contribution >= 4 is 17.6 Å². The molecule has 4 N–H and O–H groups in total. The van der Waals surface area contributed by atoms with Crippen LogP contribution < -0.4 is 11.1 Å². The number of anilines is 1. The lowest BCUT2D eigenvalue weighted by Crippen LogP contribution is -2.16. The fourth-order valence-corrected chi connectivity index (χ4v) is 1.11. The molecule has 7 heteroatoms. The maximum Gasteiger partial charge on any atom is 0.411 e. The Bertz CT molecular complexity index is 448. The molecule has 1 rings (SSSR count). The lowest BCUT2D eigenvalue weighted by molar-refractivity contribution is 0.168. The smallest absolute Gasteiger partial charge is 0.411 e. The number of amidine groups is 1. The number of hydrogen-bond acceptors (Lipinski definition) is 4. The highest BCUT2D eigenvalue weighted by atomic mass is 19.1. The molecule has 17 heavy (non-hydrogen) atoms. The van der Waals surface area contributed by atoms with Gasteiger partial charge in [-0.05, 0) is 25.1 Å². The third-order valence-electron chi connectivity index (χ3n) is 1.88. The van der Waals surface area contributed by atoms with Crippen LogP contribution in [-0.4, -0.2) is 23.7 Å². The zero-order valence-corrected chi connectivity index (χ0v) is 9.11. The molecule has 0 aliphatic heterocycles. The molecule has 1 aromatic carbocycles. The molecular weight excluding hydrogens is 229 g/mol. The normalized spacial score (nSPS) is 11.1. The number of nitrogens with one attached hydrogen (secondary N) is 1. The summed E-state index contributed by atoms with van der Waals surface area (Å²) >= 11 is 0. The van der Waals surface area contributed by atoms with Crippen molar-refractivity contribution in [2.24, 2.45) is 10.9 Å². The Balaban J connectivity index is 2.87. The van der Waals surface area contributed by atoms with Gasteiger partial charge < -0.3 is 15.7 Å². The largest absolute Gasteiger partial charge is 0.450 e. The monoisotopic (exact) mass is 241 g/mol. The first kappa shape index (κ1) is 12.8. The van der Waals surface area contributed by atoms with Crippen molar-refractivity contribution in [2.75, 3.05) is 11.9 Å². The maximum absolute atomic E-state index is 13.5. The predicted molar refractivity (Wildman–Crippen MR) is 59.6 cm³/mol. The topological polar surface area (TPSA) is 96.9 Å². The number of amides is 1. The van der Waals surface area contributed by atoms with Gasteiger partial charge in [-0.2, -0.15) is 0 Å². The highest BCUT2D eigenvalue weighted by Crippen LogP contribution is 2.15. The van der Waals surface area contributed by atoms with Gasteiger partial charge >= 0.3 is 6.09 Å². The van der Waals surface area contributed by atoms with Gasteiger partial charge in [-0.25, -0.2) is 9.18 Å². The zero-order valence-electron chi connectivity index (χ0n) is 9.11. The van der Waals surface area contributed by atoms with Crippen molar-refractivity contribution in [1.29, 1.82) is 0 Å². The van der Waals surface area contributed by atoms with Crippen LogP contribution in [0.3, 0.4) is 0 Å². The van der Waals surface area contributed by atoms with Gasteiger partial charge in [0.05, 0.1) is 12.3 Å². The standard InChI is InChI=1S/C10H12FN3O3/c1-2-17-10(15)13-8-4-3-6(5-7(8)11)9(12)14-16/h3-5,16H,2H2,1H3,(H2,12,14)(H,13,15). The van der Waals surface area contributed by atoms with E-state index in [2.05, 4.69) is 15.2 Å². The summed E-state index contributed by atoms with van der Waals surface area (Å²) in [4.78, 5) is 11.1. The van der Waals surface area contributed by atoms with Crippen LogP contribution in [0.1, 0.15) is 12.5 Å². The number of rotatable bonds is 3. The zero-order chi connectivity index (χ0) is 12.8. The third kappa shape index (κ3) is 3.33. The Morgan fingerprint density at radius 1 is 1.65 bits per heavy atom. The van der Waals surface area contributed by atoms with Crippen LogP contribution in [0.5, 0.6) is 0 Å². The minimum atomic E-state index is -0.747. The molecule has 1 aromatic rings. The minimum Gasteiger partial charge on any atom is -0.450 e. The molecule has 0 spiro atoms. The second-order valence-corrected chi connectivity index (χ2v) is 3.03. The summed E-state index contributed by atoms with van der Waals surface area (Å²) in [6.07, 6.45) is -0.747. The quantitative estimate of drug-likeness (QED) is 0.323. The summed E-state index contributed by atoms with van der Waals surface area (Å²) in [5, 5.41) is 13.4. The fourth-order valence-electron chi connectivity index (χ4n) is 1.11. The summed E-state index contributed by atoms with van der Waals surface area (Å²) in [5.74, 6) is -0.922. The van der Waals surface area contributed by atoms with E-state index in [1.54, 1.807) is 6.92 Å². The summed E-state index contributed by atoms with van der Waals surface area (Å²) in [5.41, 5.74) is 5.45. The first-order valence-corrected chi connectivity index (χ1v) is 4.79. The van der Waals surface area contributed by atoms with E-state index in [1.807, 2.05) is 0 Å². The number of nitrogens with zero attached hydrogens (tertiary/aromatic N) is 1. The first-order chi connectivity index (χ1) is 8.08. The van der Waals surface area contributed by atoms with E-state index in [0.29, 0.717) is 0 Å². The van der Waals surface area contributed by atoms with Gasteiger partial charge in [0.1, 0.15) is 5.82 Å². The van der Waals surface area contributed by atoms with Crippen molar-refractivity contribution in [3.8, 4) is 0 Å². The molecule has 1 amide bonds. The maximum atomic E-state index is 13.5. The van der Waals surface area contributed by atoms with E-state index in [-0.39, 0.29) is 23.7 Å². The van der Waals surface area contributed by atoms with Crippen molar-refractivity contribution in [1.82, 2.24) is 0 Å².